The Morgan fingerprint density at radius 2 is 1.95 bits per heavy atom. The summed E-state index contributed by atoms with van der Waals surface area (Å²) >= 11 is 0. The second kappa shape index (κ2) is 7.49. The Hall–Kier alpha value is -1.09. The van der Waals surface area contributed by atoms with Gasteiger partial charge in [-0.15, -0.1) is 0 Å². The Morgan fingerprint density at radius 3 is 2.47 bits per heavy atom. The molecule has 0 aliphatic rings. The van der Waals surface area contributed by atoms with Crippen molar-refractivity contribution in [3.05, 3.63) is 29.6 Å². The standard InChI is InChI=1S/C16H27FN2/c1-6-18-13(4)14-7-8-16(15(17)11-14)19(5)10-9-12(2)3/h7-8,11-13,18H,6,9-10H2,1-5H3. The monoisotopic (exact) mass is 266 g/mol. The van der Waals surface area contributed by atoms with E-state index in [-0.39, 0.29) is 11.9 Å². The maximum Gasteiger partial charge on any atom is 0.146 e. The lowest BCUT2D eigenvalue weighted by Gasteiger charge is -2.22. The molecule has 0 aliphatic heterocycles. The van der Waals surface area contributed by atoms with E-state index in [0.717, 1.165) is 25.1 Å². The summed E-state index contributed by atoms with van der Waals surface area (Å²) in [6.07, 6.45) is 1.07. The van der Waals surface area contributed by atoms with Crippen molar-refractivity contribution in [2.24, 2.45) is 5.92 Å². The highest BCUT2D eigenvalue weighted by molar-refractivity contribution is 5.48. The molecule has 19 heavy (non-hydrogen) atoms. The van der Waals surface area contributed by atoms with Gasteiger partial charge in [0.15, 0.2) is 0 Å². The molecule has 1 N–H and O–H groups in total. The third kappa shape index (κ3) is 4.83. The zero-order valence-corrected chi connectivity index (χ0v) is 12.8. The first-order chi connectivity index (χ1) is 8.95. The van der Waals surface area contributed by atoms with Gasteiger partial charge in [-0.3, -0.25) is 0 Å². The van der Waals surface area contributed by atoms with Gasteiger partial charge in [-0.05, 0) is 43.5 Å². The summed E-state index contributed by atoms with van der Waals surface area (Å²) in [7, 11) is 1.95. The minimum Gasteiger partial charge on any atom is -0.372 e. The number of halogens is 1. The van der Waals surface area contributed by atoms with Crippen molar-refractivity contribution < 1.29 is 4.39 Å². The van der Waals surface area contributed by atoms with Crippen LogP contribution >= 0.6 is 0 Å². The van der Waals surface area contributed by atoms with E-state index in [1.807, 2.05) is 24.1 Å². The molecule has 0 fully saturated rings. The van der Waals surface area contributed by atoms with Crippen LogP contribution in [0.25, 0.3) is 0 Å². The molecule has 0 aromatic heterocycles. The number of rotatable bonds is 7. The molecule has 1 unspecified atom stereocenters. The van der Waals surface area contributed by atoms with E-state index < -0.39 is 0 Å². The van der Waals surface area contributed by atoms with Gasteiger partial charge < -0.3 is 10.2 Å². The smallest absolute Gasteiger partial charge is 0.146 e. The van der Waals surface area contributed by atoms with E-state index in [1.165, 1.54) is 0 Å². The largest absolute Gasteiger partial charge is 0.372 e. The summed E-state index contributed by atoms with van der Waals surface area (Å²) in [6, 6.07) is 5.74. The molecule has 0 saturated carbocycles. The highest BCUT2D eigenvalue weighted by Crippen LogP contribution is 2.23. The second-order valence-electron chi connectivity index (χ2n) is 5.59. The molecule has 1 atom stereocenters. The van der Waals surface area contributed by atoms with Gasteiger partial charge in [0.05, 0.1) is 5.69 Å². The molecular formula is C16H27FN2. The molecule has 108 valence electrons. The Labute approximate surface area is 117 Å². The van der Waals surface area contributed by atoms with Crippen LogP contribution in [0.1, 0.15) is 45.7 Å². The minimum absolute atomic E-state index is 0.131. The van der Waals surface area contributed by atoms with Crippen LogP contribution in [0, 0.1) is 11.7 Å². The predicted octanol–water partition coefficient (Wildman–Crippen LogP) is 3.98. The van der Waals surface area contributed by atoms with Crippen LogP contribution in [-0.4, -0.2) is 20.1 Å². The third-order valence-electron chi connectivity index (χ3n) is 3.44. The Morgan fingerprint density at radius 1 is 1.26 bits per heavy atom. The van der Waals surface area contributed by atoms with Crippen LogP contribution in [0.3, 0.4) is 0 Å². The highest BCUT2D eigenvalue weighted by atomic mass is 19.1. The van der Waals surface area contributed by atoms with Crippen molar-refractivity contribution in [1.29, 1.82) is 0 Å². The van der Waals surface area contributed by atoms with Crippen molar-refractivity contribution in [2.75, 3.05) is 25.0 Å². The van der Waals surface area contributed by atoms with Crippen molar-refractivity contribution in [3.63, 3.8) is 0 Å². The lowest BCUT2D eigenvalue weighted by molar-refractivity contribution is 0.567. The Bertz CT molecular complexity index is 390. The lowest BCUT2D eigenvalue weighted by atomic mass is 10.1. The number of nitrogens with zero attached hydrogens (tertiary/aromatic N) is 1. The molecule has 0 bridgehead atoms. The fourth-order valence-electron chi connectivity index (χ4n) is 2.10. The normalized spacial score (nSPS) is 12.8. The lowest BCUT2D eigenvalue weighted by Crippen LogP contribution is -2.22. The molecule has 1 aromatic carbocycles. The summed E-state index contributed by atoms with van der Waals surface area (Å²) in [5, 5.41) is 3.30. The minimum atomic E-state index is -0.131. The van der Waals surface area contributed by atoms with E-state index in [4.69, 9.17) is 0 Å². The summed E-state index contributed by atoms with van der Waals surface area (Å²) in [4.78, 5) is 2.00. The quantitative estimate of drug-likeness (QED) is 0.803. The van der Waals surface area contributed by atoms with E-state index in [2.05, 4.69) is 33.0 Å². The average molecular weight is 266 g/mol. The van der Waals surface area contributed by atoms with Crippen LogP contribution in [0.15, 0.2) is 18.2 Å². The maximum atomic E-state index is 14.2. The molecule has 0 aliphatic carbocycles. The van der Waals surface area contributed by atoms with Gasteiger partial charge >= 0.3 is 0 Å². The van der Waals surface area contributed by atoms with Gasteiger partial charge in [0, 0.05) is 19.6 Å². The predicted molar refractivity (Wildman–Crippen MR) is 81.2 cm³/mol. The molecule has 1 aromatic rings. The first kappa shape index (κ1) is 16.0. The average Bonchev–Trinajstić information content (AvgIpc) is 2.36. The number of hydrogen-bond acceptors (Lipinski definition) is 2. The molecule has 0 spiro atoms. The molecule has 0 saturated heterocycles. The first-order valence-corrected chi connectivity index (χ1v) is 7.19. The van der Waals surface area contributed by atoms with Crippen molar-refractivity contribution in [3.8, 4) is 0 Å². The Kier molecular flexibility index (Phi) is 6.29. The summed E-state index contributed by atoms with van der Waals surface area (Å²) in [5.74, 6) is 0.507. The number of hydrogen-bond donors (Lipinski definition) is 1. The SMILES string of the molecule is CCNC(C)c1ccc(N(C)CCC(C)C)c(F)c1. The number of benzene rings is 1. The van der Waals surface area contributed by atoms with Crippen molar-refractivity contribution >= 4 is 5.69 Å². The van der Waals surface area contributed by atoms with E-state index in [9.17, 15) is 4.39 Å². The van der Waals surface area contributed by atoms with Crippen LogP contribution in [0.2, 0.25) is 0 Å². The molecule has 3 heteroatoms. The summed E-state index contributed by atoms with van der Waals surface area (Å²) in [5.41, 5.74) is 1.69. The molecule has 0 heterocycles. The van der Waals surface area contributed by atoms with E-state index >= 15 is 0 Å². The molecule has 0 amide bonds. The van der Waals surface area contributed by atoms with Crippen LogP contribution in [-0.2, 0) is 0 Å². The van der Waals surface area contributed by atoms with Gasteiger partial charge in [-0.1, -0.05) is 26.8 Å². The zero-order chi connectivity index (χ0) is 14.4. The molecule has 2 nitrogen and oxygen atoms in total. The third-order valence-corrected chi connectivity index (χ3v) is 3.44. The summed E-state index contributed by atoms with van der Waals surface area (Å²) in [6.45, 7) is 10.3. The summed E-state index contributed by atoms with van der Waals surface area (Å²) < 4.78 is 14.2. The Balaban J connectivity index is 2.76. The fourth-order valence-corrected chi connectivity index (χ4v) is 2.10. The van der Waals surface area contributed by atoms with Crippen LogP contribution < -0.4 is 10.2 Å². The number of nitrogens with one attached hydrogen (secondary N) is 1. The van der Waals surface area contributed by atoms with E-state index in [1.54, 1.807) is 6.07 Å². The molecule has 0 radical (unpaired) electrons. The topological polar surface area (TPSA) is 15.3 Å². The van der Waals surface area contributed by atoms with Gasteiger partial charge in [-0.2, -0.15) is 0 Å². The second-order valence-corrected chi connectivity index (χ2v) is 5.59. The van der Waals surface area contributed by atoms with E-state index in [0.29, 0.717) is 11.6 Å². The maximum absolute atomic E-state index is 14.2. The van der Waals surface area contributed by atoms with Crippen molar-refractivity contribution in [2.45, 2.75) is 40.2 Å². The van der Waals surface area contributed by atoms with Gasteiger partial charge in [0.2, 0.25) is 0 Å². The van der Waals surface area contributed by atoms with Gasteiger partial charge in [0.25, 0.3) is 0 Å². The highest BCUT2D eigenvalue weighted by Gasteiger charge is 2.11. The van der Waals surface area contributed by atoms with Gasteiger partial charge in [0.1, 0.15) is 5.82 Å². The first-order valence-electron chi connectivity index (χ1n) is 7.19. The fraction of sp³-hybridized carbons (Fsp3) is 0.625. The molecule has 1 rings (SSSR count). The molecular weight excluding hydrogens is 239 g/mol. The number of anilines is 1. The van der Waals surface area contributed by atoms with Crippen LogP contribution in [0.5, 0.6) is 0 Å². The van der Waals surface area contributed by atoms with Gasteiger partial charge in [-0.25, -0.2) is 4.39 Å². The van der Waals surface area contributed by atoms with Crippen LogP contribution in [0.4, 0.5) is 10.1 Å². The van der Waals surface area contributed by atoms with Crippen molar-refractivity contribution in [1.82, 2.24) is 5.32 Å². The zero-order valence-electron chi connectivity index (χ0n) is 12.8.